The molecule has 1 aromatic rings. The topological polar surface area (TPSA) is 32.3 Å². The highest BCUT2D eigenvalue weighted by Crippen LogP contribution is 2.39. The van der Waals surface area contributed by atoms with E-state index in [2.05, 4.69) is 5.32 Å². The molecule has 1 N–H and O–H groups in total. The van der Waals surface area contributed by atoms with Gasteiger partial charge in [0, 0.05) is 24.1 Å². The lowest BCUT2D eigenvalue weighted by Crippen LogP contribution is -2.61. The molecule has 3 rings (SSSR count). The van der Waals surface area contributed by atoms with Gasteiger partial charge in [0.1, 0.15) is 0 Å². The van der Waals surface area contributed by atoms with Gasteiger partial charge in [-0.25, -0.2) is 0 Å². The molecule has 3 nitrogen and oxygen atoms in total. The summed E-state index contributed by atoms with van der Waals surface area (Å²) in [7, 11) is 0. The van der Waals surface area contributed by atoms with Crippen LogP contribution in [-0.2, 0) is 0 Å². The summed E-state index contributed by atoms with van der Waals surface area (Å²) >= 11 is 0. The minimum atomic E-state index is 0.190. The summed E-state index contributed by atoms with van der Waals surface area (Å²) in [5, 5.41) is 3.38. The van der Waals surface area contributed by atoms with Crippen LogP contribution in [0.5, 0.6) is 0 Å². The van der Waals surface area contributed by atoms with Gasteiger partial charge in [-0.15, -0.1) is 0 Å². The molecule has 90 valence electrons. The highest BCUT2D eigenvalue weighted by molar-refractivity contribution is 5.94. The average Bonchev–Trinajstić information content (AvgIpc) is 2.37. The number of amides is 1. The molecule has 17 heavy (non-hydrogen) atoms. The van der Waals surface area contributed by atoms with E-state index in [0.717, 1.165) is 31.7 Å². The number of nitrogens with zero attached hydrogens (tertiary/aromatic N) is 1. The summed E-state index contributed by atoms with van der Waals surface area (Å²) in [6, 6.07) is 9.59. The van der Waals surface area contributed by atoms with Crippen molar-refractivity contribution < 1.29 is 4.79 Å². The van der Waals surface area contributed by atoms with E-state index in [-0.39, 0.29) is 5.91 Å². The molecule has 0 aromatic heterocycles. The molecule has 0 unspecified atom stereocenters. The maximum Gasteiger partial charge on any atom is 0.253 e. The third kappa shape index (κ3) is 1.95. The fourth-order valence-corrected chi connectivity index (χ4v) is 2.94. The van der Waals surface area contributed by atoms with E-state index in [1.807, 2.05) is 35.2 Å². The van der Waals surface area contributed by atoms with Crippen LogP contribution in [0.25, 0.3) is 0 Å². The zero-order valence-corrected chi connectivity index (χ0v) is 9.98. The predicted molar refractivity (Wildman–Crippen MR) is 66.9 cm³/mol. The van der Waals surface area contributed by atoms with Gasteiger partial charge in [-0.2, -0.15) is 0 Å². The second kappa shape index (κ2) is 4.15. The fraction of sp³-hybridized carbons (Fsp3) is 0.500. The second-order valence-corrected chi connectivity index (χ2v) is 5.28. The van der Waals surface area contributed by atoms with E-state index in [1.54, 1.807) is 0 Å². The molecule has 1 spiro atoms. The predicted octanol–water partition coefficient (Wildman–Crippen LogP) is 1.51. The number of hydrogen-bond donors (Lipinski definition) is 1. The standard InChI is InChI=1S/C14H18N2O/c17-13(12-4-2-1-3-5-12)16-10-14(11-16)6-8-15-9-7-14/h1-5,15H,6-11H2. The molecule has 0 saturated carbocycles. The SMILES string of the molecule is O=C(c1ccccc1)N1CC2(CCNCC2)C1. The Morgan fingerprint density at radius 1 is 1.12 bits per heavy atom. The quantitative estimate of drug-likeness (QED) is 0.793. The Bertz CT molecular complexity index is 401. The molecule has 0 aliphatic carbocycles. The summed E-state index contributed by atoms with van der Waals surface area (Å²) in [4.78, 5) is 14.1. The highest BCUT2D eigenvalue weighted by atomic mass is 16.2. The largest absolute Gasteiger partial charge is 0.337 e. The van der Waals surface area contributed by atoms with Crippen molar-refractivity contribution in [2.75, 3.05) is 26.2 Å². The molecular weight excluding hydrogens is 212 g/mol. The van der Waals surface area contributed by atoms with Crippen LogP contribution in [0.3, 0.4) is 0 Å². The van der Waals surface area contributed by atoms with Crippen LogP contribution in [0.4, 0.5) is 0 Å². The Hall–Kier alpha value is -1.35. The minimum Gasteiger partial charge on any atom is -0.337 e. The lowest BCUT2D eigenvalue weighted by atomic mass is 9.72. The number of rotatable bonds is 1. The number of likely N-dealkylation sites (tertiary alicyclic amines) is 1. The number of hydrogen-bond acceptors (Lipinski definition) is 2. The Morgan fingerprint density at radius 3 is 2.41 bits per heavy atom. The molecule has 2 aliphatic rings. The first-order valence-electron chi connectivity index (χ1n) is 6.34. The van der Waals surface area contributed by atoms with Gasteiger partial charge in [0.25, 0.3) is 5.91 Å². The molecular formula is C14H18N2O. The van der Waals surface area contributed by atoms with Crippen LogP contribution in [-0.4, -0.2) is 37.0 Å². The van der Waals surface area contributed by atoms with Crippen molar-refractivity contribution in [1.82, 2.24) is 10.2 Å². The van der Waals surface area contributed by atoms with E-state index in [9.17, 15) is 4.79 Å². The molecule has 0 bridgehead atoms. The molecule has 2 aliphatic heterocycles. The first-order chi connectivity index (χ1) is 8.29. The second-order valence-electron chi connectivity index (χ2n) is 5.28. The Balaban J connectivity index is 1.64. The lowest BCUT2D eigenvalue weighted by Gasteiger charge is -2.52. The molecule has 1 aromatic carbocycles. The van der Waals surface area contributed by atoms with Gasteiger partial charge in [0.2, 0.25) is 0 Å². The van der Waals surface area contributed by atoms with Crippen molar-refractivity contribution >= 4 is 5.91 Å². The molecule has 0 radical (unpaired) electrons. The third-order valence-electron chi connectivity index (χ3n) is 4.02. The van der Waals surface area contributed by atoms with Gasteiger partial charge in [-0.1, -0.05) is 18.2 Å². The smallest absolute Gasteiger partial charge is 0.253 e. The van der Waals surface area contributed by atoms with E-state index in [0.29, 0.717) is 5.41 Å². The molecule has 2 saturated heterocycles. The van der Waals surface area contributed by atoms with Crippen LogP contribution in [0.15, 0.2) is 30.3 Å². The van der Waals surface area contributed by atoms with E-state index >= 15 is 0 Å². The van der Waals surface area contributed by atoms with E-state index in [1.165, 1.54) is 12.8 Å². The summed E-state index contributed by atoms with van der Waals surface area (Å²) in [5.74, 6) is 0.190. The third-order valence-corrected chi connectivity index (χ3v) is 4.02. The number of nitrogens with one attached hydrogen (secondary N) is 1. The summed E-state index contributed by atoms with van der Waals surface area (Å²) < 4.78 is 0. The average molecular weight is 230 g/mol. The van der Waals surface area contributed by atoms with Crippen molar-refractivity contribution in [3.8, 4) is 0 Å². The molecule has 2 fully saturated rings. The van der Waals surface area contributed by atoms with Crippen LogP contribution in [0, 0.1) is 5.41 Å². The van der Waals surface area contributed by atoms with Crippen LogP contribution in [0.1, 0.15) is 23.2 Å². The van der Waals surface area contributed by atoms with Crippen molar-refractivity contribution in [2.45, 2.75) is 12.8 Å². The number of piperidine rings is 1. The number of carbonyl (C=O) groups is 1. The normalized spacial score (nSPS) is 22.2. The molecule has 2 heterocycles. The Kier molecular flexibility index (Phi) is 2.63. The molecule has 1 amide bonds. The maximum atomic E-state index is 12.2. The van der Waals surface area contributed by atoms with Gasteiger partial charge < -0.3 is 10.2 Å². The van der Waals surface area contributed by atoms with E-state index < -0.39 is 0 Å². The lowest BCUT2D eigenvalue weighted by molar-refractivity contribution is -0.0113. The summed E-state index contributed by atoms with van der Waals surface area (Å²) in [6.07, 6.45) is 2.43. The van der Waals surface area contributed by atoms with Gasteiger partial charge in [-0.3, -0.25) is 4.79 Å². The van der Waals surface area contributed by atoms with Crippen molar-refractivity contribution in [1.29, 1.82) is 0 Å². The molecule has 0 atom stereocenters. The van der Waals surface area contributed by atoms with Crippen molar-refractivity contribution in [3.63, 3.8) is 0 Å². The van der Waals surface area contributed by atoms with Crippen LogP contribution >= 0.6 is 0 Å². The summed E-state index contributed by atoms with van der Waals surface area (Å²) in [6.45, 7) is 4.10. The first kappa shape index (κ1) is 10.8. The maximum absolute atomic E-state index is 12.2. The van der Waals surface area contributed by atoms with Crippen molar-refractivity contribution in [2.24, 2.45) is 5.41 Å². The van der Waals surface area contributed by atoms with Gasteiger partial charge in [0.05, 0.1) is 0 Å². The Morgan fingerprint density at radius 2 is 1.76 bits per heavy atom. The zero-order chi connectivity index (χ0) is 11.7. The zero-order valence-electron chi connectivity index (χ0n) is 9.98. The van der Waals surface area contributed by atoms with Crippen LogP contribution < -0.4 is 5.32 Å². The number of benzene rings is 1. The summed E-state index contributed by atoms with van der Waals surface area (Å²) in [5.41, 5.74) is 1.24. The first-order valence-corrected chi connectivity index (χ1v) is 6.34. The highest BCUT2D eigenvalue weighted by Gasteiger charge is 2.45. The Labute approximate surface area is 102 Å². The minimum absolute atomic E-state index is 0.190. The van der Waals surface area contributed by atoms with Gasteiger partial charge in [-0.05, 0) is 38.1 Å². The van der Waals surface area contributed by atoms with Crippen LogP contribution in [0.2, 0.25) is 0 Å². The van der Waals surface area contributed by atoms with Crippen molar-refractivity contribution in [3.05, 3.63) is 35.9 Å². The fourth-order valence-electron chi connectivity index (χ4n) is 2.94. The van der Waals surface area contributed by atoms with Gasteiger partial charge >= 0.3 is 0 Å². The number of carbonyl (C=O) groups excluding carboxylic acids is 1. The van der Waals surface area contributed by atoms with Gasteiger partial charge in [0.15, 0.2) is 0 Å². The van der Waals surface area contributed by atoms with E-state index in [4.69, 9.17) is 0 Å². The molecule has 3 heteroatoms. The monoisotopic (exact) mass is 230 g/mol.